The lowest BCUT2D eigenvalue weighted by Gasteiger charge is -2.09. The molecule has 0 saturated heterocycles. The standard InChI is InChI=1S/C14H15F2N3O2/c15-12(16)8-21-6-5-18-14(20)10-7-13(17)19-11-4-2-1-3-9(10)11/h1-4,7,12H,5-6,8H2,(H2,17,19)(H,18,20). The number of amides is 1. The van der Waals surface area contributed by atoms with Crippen molar-refractivity contribution in [2.24, 2.45) is 0 Å². The molecule has 0 aliphatic rings. The average Bonchev–Trinajstić information content (AvgIpc) is 2.45. The number of fused-ring (bicyclic) bond motifs is 1. The summed E-state index contributed by atoms with van der Waals surface area (Å²) in [6.07, 6.45) is -2.51. The third kappa shape index (κ3) is 4.09. The molecule has 7 heteroatoms. The van der Waals surface area contributed by atoms with Crippen molar-refractivity contribution in [2.75, 3.05) is 25.5 Å². The summed E-state index contributed by atoms with van der Waals surface area (Å²) in [4.78, 5) is 16.2. The maximum absolute atomic E-state index is 12.1. The lowest BCUT2D eigenvalue weighted by atomic mass is 10.1. The van der Waals surface area contributed by atoms with Gasteiger partial charge in [0, 0.05) is 11.9 Å². The highest BCUT2D eigenvalue weighted by Gasteiger charge is 2.11. The molecule has 21 heavy (non-hydrogen) atoms. The van der Waals surface area contributed by atoms with E-state index >= 15 is 0 Å². The lowest BCUT2D eigenvalue weighted by Crippen LogP contribution is -2.28. The molecule has 0 radical (unpaired) electrons. The minimum absolute atomic E-state index is 0.0224. The van der Waals surface area contributed by atoms with E-state index < -0.39 is 13.0 Å². The van der Waals surface area contributed by atoms with Crippen LogP contribution in [0.15, 0.2) is 30.3 Å². The summed E-state index contributed by atoms with van der Waals surface area (Å²) in [6.45, 7) is -0.475. The SMILES string of the molecule is Nc1cc(C(=O)NCCOCC(F)F)c2ccccc2n1. The van der Waals surface area contributed by atoms with Crippen molar-refractivity contribution in [1.82, 2.24) is 10.3 Å². The number of benzene rings is 1. The zero-order chi connectivity index (χ0) is 15.2. The number of nitrogens with zero attached hydrogens (tertiary/aromatic N) is 1. The fourth-order valence-electron chi connectivity index (χ4n) is 1.89. The van der Waals surface area contributed by atoms with E-state index in [4.69, 9.17) is 10.5 Å². The Kier molecular flexibility index (Phi) is 4.99. The summed E-state index contributed by atoms with van der Waals surface area (Å²) in [5, 5.41) is 3.28. The Morgan fingerprint density at radius 3 is 2.90 bits per heavy atom. The molecule has 0 saturated carbocycles. The Morgan fingerprint density at radius 1 is 1.38 bits per heavy atom. The van der Waals surface area contributed by atoms with Crippen molar-refractivity contribution in [1.29, 1.82) is 0 Å². The Balaban J connectivity index is 2.02. The number of hydrogen-bond donors (Lipinski definition) is 2. The van der Waals surface area contributed by atoms with Crippen molar-refractivity contribution in [3.63, 3.8) is 0 Å². The van der Waals surface area contributed by atoms with Crippen molar-refractivity contribution < 1.29 is 18.3 Å². The minimum atomic E-state index is -2.51. The molecule has 2 rings (SSSR count). The van der Waals surface area contributed by atoms with Gasteiger partial charge in [0.05, 0.1) is 17.7 Å². The molecule has 3 N–H and O–H groups in total. The first kappa shape index (κ1) is 15.1. The second-order valence-corrected chi connectivity index (χ2v) is 4.33. The molecule has 0 spiro atoms. The Hall–Kier alpha value is -2.28. The number of alkyl halides is 2. The first-order chi connectivity index (χ1) is 10.1. The number of anilines is 1. The summed E-state index contributed by atoms with van der Waals surface area (Å²) in [5.41, 5.74) is 6.69. The number of hydrogen-bond acceptors (Lipinski definition) is 4. The fourth-order valence-corrected chi connectivity index (χ4v) is 1.89. The molecule has 1 amide bonds. The van der Waals surface area contributed by atoms with E-state index in [1.165, 1.54) is 6.07 Å². The number of pyridine rings is 1. The predicted octanol–water partition coefficient (Wildman–Crippen LogP) is 1.83. The van der Waals surface area contributed by atoms with E-state index in [0.717, 1.165) is 0 Å². The molecule has 5 nitrogen and oxygen atoms in total. The Bertz CT molecular complexity index is 635. The van der Waals surface area contributed by atoms with Gasteiger partial charge in [-0.05, 0) is 12.1 Å². The predicted molar refractivity (Wildman–Crippen MR) is 75.3 cm³/mol. The van der Waals surface area contributed by atoms with E-state index in [0.29, 0.717) is 16.5 Å². The quantitative estimate of drug-likeness (QED) is 0.797. The first-order valence-electron chi connectivity index (χ1n) is 6.37. The third-order valence-electron chi connectivity index (χ3n) is 2.76. The summed E-state index contributed by atoms with van der Waals surface area (Å²) in [5.74, 6) is -0.103. The van der Waals surface area contributed by atoms with Crippen molar-refractivity contribution in [3.05, 3.63) is 35.9 Å². The molecule has 2 aromatic rings. The monoisotopic (exact) mass is 295 g/mol. The largest absolute Gasteiger partial charge is 0.384 e. The van der Waals surface area contributed by atoms with Gasteiger partial charge >= 0.3 is 0 Å². The molecule has 112 valence electrons. The number of aromatic nitrogens is 1. The van der Waals surface area contributed by atoms with Gasteiger partial charge < -0.3 is 15.8 Å². The minimum Gasteiger partial charge on any atom is -0.384 e. The van der Waals surface area contributed by atoms with Crippen LogP contribution in [0.4, 0.5) is 14.6 Å². The molecule has 0 bridgehead atoms. The number of nitrogens with two attached hydrogens (primary N) is 1. The van der Waals surface area contributed by atoms with Gasteiger partial charge in [-0.15, -0.1) is 0 Å². The van der Waals surface area contributed by atoms with Gasteiger partial charge in [0.1, 0.15) is 12.4 Å². The molecule has 0 aliphatic carbocycles. The number of carbonyl (C=O) groups is 1. The van der Waals surface area contributed by atoms with Crippen LogP contribution in [0, 0.1) is 0 Å². The van der Waals surface area contributed by atoms with E-state index in [1.807, 2.05) is 0 Å². The number of nitrogen functional groups attached to an aromatic ring is 1. The molecule has 1 aromatic carbocycles. The Morgan fingerprint density at radius 2 is 2.14 bits per heavy atom. The van der Waals surface area contributed by atoms with Crippen LogP contribution in [0.1, 0.15) is 10.4 Å². The maximum Gasteiger partial charge on any atom is 0.261 e. The van der Waals surface area contributed by atoms with Gasteiger partial charge in [0.2, 0.25) is 0 Å². The fraction of sp³-hybridized carbons (Fsp3) is 0.286. The highest BCUT2D eigenvalue weighted by atomic mass is 19.3. The Labute approximate surface area is 120 Å². The summed E-state index contributed by atoms with van der Waals surface area (Å²) in [6, 6.07) is 8.60. The van der Waals surface area contributed by atoms with Crippen molar-refractivity contribution in [3.8, 4) is 0 Å². The number of rotatable bonds is 6. The van der Waals surface area contributed by atoms with Crippen LogP contribution < -0.4 is 11.1 Å². The number of carbonyl (C=O) groups excluding carboxylic acids is 1. The van der Waals surface area contributed by atoms with Gasteiger partial charge in [0.15, 0.2) is 0 Å². The van der Waals surface area contributed by atoms with E-state index in [1.54, 1.807) is 24.3 Å². The van der Waals surface area contributed by atoms with Crippen LogP contribution in [0.2, 0.25) is 0 Å². The van der Waals surface area contributed by atoms with Crippen LogP contribution in [-0.4, -0.2) is 37.1 Å². The number of ether oxygens (including phenoxy) is 1. The van der Waals surface area contributed by atoms with Crippen LogP contribution in [-0.2, 0) is 4.74 Å². The van der Waals surface area contributed by atoms with Gasteiger partial charge in [-0.3, -0.25) is 4.79 Å². The second-order valence-electron chi connectivity index (χ2n) is 4.33. The smallest absolute Gasteiger partial charge is 0.261 e. The normalized spacial score (nSPS) is 11.0. The van der Waals surface area contributed by atoms with E-state index in [-0.39, 0.29) is 24.9 Å². The lowest BCUT2D eigenvalue weighted by molar-refractivity contribution is 0.0188. The van der Waals surface area contributed by atoms with Crippen LogP contribution >= 0.6 is 0 Å². The number of nitrogens with one attached hydrogen (secondary N) is 1. The molecule has 0 unspecified atom stereocenters. The maximum atomic E-state index is 12.1. The summed E-state index contributed by atoms with van der Waals surface area (Å²) < 4.78 is 28.4. The second kappa shape index (κ2) is 6.94. The van der Waals surface area contributed by atoms with E-state index in [9.17, 15) is 13.6 Å². The van der Waals surface area contributed by atoms with Crippen molar-refractivity contribution >= 4 is 22.6 Å². The highest BCUT2D eigenvalue weighted by molar-refractivity contribution is 6.06. The summed E-state index contributed by atoms with van der Waals surface area (Å²) >= 11 is 0. The van der Waals surface area contributed by atoms with Gasteiger partial charge in [-0.25, -0.2) is 13.8 Å². The molecule has 1 aromatic heterocycles. The molecule has 0 aliphatic heterocycles. The number of para-hydroxylation sites is 1. The zero-order valence-electron chi connectivity index (χ0n) is 11.2. The highest BCUT2D eigenvalue weighted by Crippen LogP contribution is 2.19. The topological polar surface area (TPSA) is 77.2 Å². The molecule has 0 fully saturated rings. The third-order valence-corrected chi connectivity index (χ3v) is 2.76. The molecule has 0 atom stereocenters. The van der Waals surface area contributed by atoms with Crippen LogP contribution in [0.5, 0.6) is 0 Å². The van der Waals surface area contributed by atoms with Crippen LogP contribution in [0.3, 0.4) is 0 Å². The average molecular weight is 295 g/mol. The van der Waals surface area contributed by atoms with Gasteiger partial charge in [0.25, 0.3) is 12.3 Å². The van der Waals surface area contributed by atoms with Crippen LogP contribution in [0.25, 0.3) is 10.9 Å². The zero-order valence-corrected chi connectivity index (χ0v) is 11.2. The van der Waals surface area contributed by atoms with Gasteiger partial charge in [-0.2, -0.15) is 0 Å². The first-order valence-corrected chi connectivity index (χ1v) is 6.37. The molecule has 1 heterocycles. The summed E-state index contributed by atoms with van der Waals surface area (Å²) in [7, 11) is 0. The van der Waals surface area contributed by atoms with E-state index in [2.05, 4.69) is 10.3 Å². The number of halogens is 2. The molecular weight excluding hydrogens is 280 g/mol. The molecular formula is C14H15F2N3O2. The van der Waals surface area contributed by atoms with Gasteiger partial charge in [-0.1, -0.05) is 18.2 Å². The van der Waals surface area contributed by atoms with Crippen molar-refractivity contribution in [2.45, 2.75) is 6.43 Å².